The van der Waals surface area contributed by atoms with Crippen molar-refractivity contribution in [3.8, 4) is 5.69 Å². The molecule has 1 amide bonds. The highest BCUT2D eigenvalue weighted by Gasteiger charge is 2.28. The van der Waals surface area contributed by atoms with Crippen LogP contribution in [0.15, 0.2) is 24.3 Å². The standard InChI is InChI=1S/C16H17ClF2N4O3/c1-2-4-12-14(15(24)20-11(16(25)26)8-13(18)19)21-22-23(12)10-6-3-5-9(17)7-10/h3,5-7,11,13H,2,4,8H2,1H3,(H,20,24)(H,25,26). The number of carboxylic acid groups (broad SMARTS) is 1. The maximum atomic E-state index is 12.5. The van der Waals surface area contributed by atoms with Crippen LogP contribution in [0.5, 0.6) is 0 Å². The molecule has 0 aliphatic rings. The van der Waals surface area contributed by atoms with Crippen LogP contribution in [0.1, 0.15) is 35.9 Å². The zero-order valence-corrected chi connectivity index (χ0v) is 14.6. The monoisotopic (exact) mass is 386 g/mol. The Balaban J connectivity index is 2.34. The van der Waals surface area contributed by atoms with Crippen molar-refractivity contribution < 1.29 is 23.5 Å². The molecule has 1 aromatic carbocycles. The van der Waals surface area contributed by atoms with Gasteiger partial charge in [-0.2, -0.15) is 0 Å². The lowest BCUT2D eigenvalue weighted by Crippen LogP contribution is -2.42. The summed E-state index contributed by atoms with van der Waals surface area (Å²) >= 11 is 5.97. The number of aliphatic carboxylic acids is 1. The first-order chi connectivity index (χ1) is 12.3. The Morgan fingerprint density at radius 1 is 1.38 bits per heavy atom. The van der Waals surface area contributed by atoms with Crippen LogP contribution in [0.4, 0.5) is 8.78 Å². The Kier molecular flexibility index (Phi) is 6.62. The first kappa shape index (κ1) is 19.8. The van der Waals surface area contributed by atoms with Crippen LogP contribution in [0.3, 0.4) is 0 Å². The molecule has 0 bridgehead atoms. The van der Waals surface area contributed by atoms with E-state index in [0.717, 1.165) is 0 Å². The summed E-state index contributed by atoms with van der Waals surface area (Å²) in [5.74, 6) is -2.41. The van der Waals surface area contributed by atoms with Crippen molar-refractivity contribution in [1.29, 1.82) is 0 Å². The molecule has 1 heterocycles. The molecule has 10 heteroatoms. The van der Waals surface area contributed by atoms with Crippen LogP contribution < -0.4 is 5.32 Å². The average molecular weight is 387 g/mol. The number of nitrogens with one attached hydrogen (secondary N) is 1. The van der Waals surface area contributed by atoms with Crippen LogP contribution in [0.25, 0.3) is 5.69 Å². The summed E-state index contributed by atoms with van der Waals surface area (Å²) < 4.78 is 26.4. The normalized spacial score (nSPS) is 12.2. The van der Waals surface area contributed by atoms with E-state index in [9.17, 15) is 18.4 Å². The van der Waals surface area contributed by atoms with Gasteiger partial charge in [-0.3, -0.25) is 4.79 Å². The van der Waals surface area contributed by atoms with Crippen molar-refractivity contribution in [2.45, 2.75) is 38.7 Å². The molecule has 0 radical (unpaired) electrons. The molecule has 140 valence electrons. The van der Waals surface area contributed by atoms with E-state index in [1.54, 1.807) is 24.3 Å². The van der Waals surface area contributed by atoms with Crippen LogP contribution >= 0.6 is 11.6 Å². The Labute approximate surface area is 153 Å². The fourth-order valence-electron chi connectivity index (χ4n) is 2.38. The quantitative estimate of drug-likeness (QED) is 0.727. The van der Waals surface area contributed by atoms with Gasteiger partial charge in [-0.1, -0.05) is 36.2 Å². The third kappa shape index (κ3) is 4.75. The molecule has 1 atom stereocenters. The summed E-state index contributed by atoms with van der Waals surface area (Å²) in [5, 5.41) is 19.3. The van der Waals surface area contributed by atoms with E-state index in [-0.39, 0.29) is 5.69 Å². The van der Waals surface area contributed by atoms with Crippen molar-refractivity contribution in [2.75, 3.05) is 0 Å². The van der Waals surface area contributed by atoms with Gasteiger partial charge in [0, 0.05) is 11.4 Å². The summed E-state index contributed by atoms with van der Waals surface area (Å²) in [7, 11) is 0. The number of carbonyl (C=O) groups is 2. The number of halogens is 3. The second-order valence-corrected chi connectivity index (χ2v) is 5.95. The molecule has 0 aliphatic carbocycles. The second-order valence-electron chi connectivity index (χ2n) is 5.52. The minimum atomic E-state index is -2.87. The van der Waals surface area contributed by atoms with Gasteiger partial charge in [-0.15, -0.1) is 5.10 Å². The number of carbonyl (C=O) groups excluding carboxylic acids is 1. The summed E-state index contributed by atoms with van der Waals surface area (Å²) in [6.45, 7) is 1.88. The number of benzene rings is 1. The Bertz CT molecular complexity index is 798. The Hall–Kier alpha value is -2.55. The van der Waals surface area contributed by atoms with Crippen LogP contribution in [0.2, 0.25) is 5.02 Å². The number of carboxylic acids is 1. The second kappa shape index (κ2) is 8.70. The zero-order valence-electron chi connectivity index (χ0n) is 13.8. The average Bonchev–Trinajstić information content (AvgIpc) is 2.98. The minimum absolute atomic E-state index is 0.104. The maximum absolute atomic E-state index is 12.5. The van der Waals surface area contributed by atoms with Gasteiger partial charge >= 0.3 is 5.97 Å². The molecular weight excluding hydrogens is 370 g/mol. The predicted molar refractivity (Wildman–Crippen MR) is 89.9 cm³/mol. The fourth-order valence-corrected chi connectivity index (χ4v) is 2.57. The topological polar surface area (TPSA) is 97.1 Å². The third-order valence-electron chi connectivity index (χ3n) is 3.54. The van der Waals surface area contributed by atoms with Crippen molar-refractivity contribution in [2.24, 2.45) is 0 Å². The van der Waals surface area contributed by atoms with E-state index in [4.69, 9.17) is 16.7 Å². The van der Waals surface area contributed by atoms with E-state index in [0.29, 0.717) is 29.2 Å². The highest BCUT2D eigenvalue weighted by molar-refractivity contribution is 6.30. The Morgan fingerprint density at radius 2 is 2.12 bits per heavy atom. The van der Waals surface area contributed by atoms with Gasteiger partial charge in [0.2, 0.25) is 6.43 Å². The molecular formula is C16H17ClF2N4O3. The molecule has 2 aromatic rings. The number of hydrogen-bond acceptors (Lipinski definition) is 4. The maximum Gasteiger partial charge on any atom is 0.326 e. The molecule has 0 saturated heterocycles. The number of hydrogen-bond donors (Lipinski definition) is 2. The lowest BCUT2D eigenvalue weighted by atomic mass is 10.1. The molecule has 1 unspecified atom stereocenters. The van der Waals surface area contributed by atoms with Crippen molar-refractivity contribution in [3.63, 3.8) is 0 Å². The van der Waals surface area contributed by atoms with E-state index in [2.05, 4.69) is 15.6 Å². The van der Waals surface area contributed by atoms with E-state index in [1.807, 2.05) is 6.92 Å². The SMILES string of the molecule is CCCc1c(C(=O)NC(CC(F)F)C(=O)O)nnn1-c1cccc(Cl)c1. The van der Waals surface area contributed by atoms with E-state index >= 15 is 0 Å². The van der Waals surface area contributed by atoms with Gasteiger partial charge in [-0.25, -0.2) is 18.3 Å². The lowest BCUT2D eigenvalue weighted by molar-refractivity contribution is -0.140. The third-order valence-corrected chi connectivity index (χ3v) is 3.77. The number of alkyl halides is 2. The zero-order chi connectivity index (χ0) is 19.3. The molecule has 0 fully saturated rings. The first-order valence-electron chi connectivity index (χ1n) is 7.85. The molecule has 26 heavy (non-hydrogen) atoms. The number of nitrogens with zero attached hydrogens (tertiary/aromatic N) is 3. The highest BCUT2D eigenvalue weighted by Crippen LogP contribution is 2.19. The van der Waals surface area contributed by atoms with Crippen molar-refractivity contribution >= 4 is 23.5 Å². The number of amides is 1. The summed E-state index contributed by atoms with van der Waals surface area (Å²) in [5.41, 5.74) is 0.913. The lowest BCUT2D eigenvalue weighted by Gasteiger charge is -2.13. The van der Waals surface area contributed by atoms with Crippen LogP contribution in [-0.4, -0.2) is 44.4 Å². The highest BCUT2D eigenvalue weighted by atomic mass is 35.5. The smallest absolute Gasteiger partial charge is 0.326 e. The van der Waals surface area contributed by atoms with Gasteiger partial charge in [0.05, 0.1) is 11.4 Å². The van der Waals surface area contributed by atoms with E-state index < -0.39 is 30.8 Å². The molecule has 0 saturated carbocycles. The molecule has 7 nitrogen and oxygen atoms in total. The van der Waals surface area contributed by atoms with Gasteiger partial charge in [0.15, 0.2) is 5.69 Å². The van der Waals surface area contributed by atoms with Crippen LogP contribution in [-0.2, 0) is 11.2 Å². The molecule has 0 aliphatic heterocycles. The molecule has 0 spiro atoms. The van der Waals surface area contributed by atoms with Crippen molar-refractivity contribution in [1.82, 2.24) is 20.3 Å². The van der Waals surface area contributed by atoms with Gasteiger partial charge < -0.3 is 10.4 Å². The number of aromatic nitrogens is 3. The van der Waals surface area contributed by atoms with Crippen molar-refractivity contribution in [3.05, 3.63) is 40.7 Å². The summed E-state index contributed by atoms with van der Waals surface area (Å²) in [6.07, 6.45) is -2.77. The largest absolute Gasteiger partial charge is 0.480 e. The van der Waals surface area contributed by atoms with Gasteiger partial charge in [-0.05, 0) is 24.6 Å². The summed E-state index contributed by atoms with van der Waals surface area (Å²) in [6, 6.07) is 5.02. The first-order valence-corrected chi connectivity index (χ1v) is 8.23. The van der Waals surface area contributed by atoms with E-state index in [1.165, 1.54) is 4.68 Å². The van der Waals surface area contributed by atoms with Crippen LogP contribution in [0, 0.1) is 0 Å². The Morgan fingerprint density at radius 3 is 2.69 bits per heavy atom. The molecule has 2 N–H and O–H groups in total. The van der Waals surface area contributed by atoms with Gasteiger partial charge in [0.25, 0.3) is 5.91 Å². The minimum Gasteiger partial charge on any atom is -0.480 e. The predicted octanol–water partition coefficient (Wildman–Crippen LogP) is 2.71. The molecule has 2 rings (SSSR count). The summed E-state index contributed by atoms with van der Waals surface area (Å²) in [4.78, 5) is 23.5. The fraction of sp³-hybridized carbons (Fsp3) is 0.375. The number of rotatable bonds is 8. The molecule has 1 aromatic heterocycles. The van der Waals surface area contributed by atoms with Gasteiger partial charge in [0.1, 0.15) is 6.04 Å².